The van der Waals surface area contributed by atoms with Gasteiger partial charge in [0.05, 0.1) is 13.2 Å². The van der Waals surface area contributed by atoms with Crippen LogP contribution in [0.4, 0.5) is 4.79 Å². The Hall–Kier alpha value is -2.53. The SMILES string of the molecule is COc1ccc(C)cc1C(C)NC(=O)N1CCN(CCc2ccccc2)CC1. The second kappa shape index (κ2) is 9.60. The van der Waals surface area contributed by atoms with Gasteiger partial charge in [0, 0.05) is 38.3 Å². The van der Waals surface area contributed by atoms with Crippen molar-refractivity contribution >= 4 is 6.03 Å². The molecule has 1 fully saturated rings. The van der Waals surface area contributed by atoms with Gasteiger partial charge in [0.2, 0.25) is 0 Å². The first-order chi connectivity index (χ1) is 13.6. The normalized spacial score (nSPS) is 15.9. The van der Waals surface area contributed by atoms with Gasteiger partial charge in [-0.2, -0.15) is 0 Å². The molecular weight excluding hydrogens is 350 g/mol. The third-order valence-electron chi connectivity index (χ3n) is 5.41. The third-order valence-corrected chi connectivity index (χ3v) is 5.41. The summed E-state index contributed by atoms with van der Waals surface area (Å²) in [6.07, 6.45) is 1.05. The number of hydrogen-bond donors (Lipinski definition) is 1. The number of hydrogen-bond acceptors (Lipinski definition) is 3. The molecule has 150 valence electrons. The minimum absolute atomic E-state index is 0.00114. The molecule has 0 spiro atoms. The monoisotopic (exact) mass is 381 g/mol. The van der Waals surface area contributed by atoms with Crippen molar-refractivity contribution in [3.05, 3.63) is 65.2 Å². The highest BCUT2D eigenvalue weighted by Crippen LogP contribution is 2.26. The minimum Gasteiger partial charge on any atom is -0.496 e. The van der Waals surface area contributed by atoms with Gasteiger partial charge in [-0.15, -0.1) is 0 Å². The number of nitrogens with zero attached hydrogens (tertiary/aromatic N) is 2. The zero-order valence-corrected chi connectivity index (χ0v) is 17.1. The molecule has 28 heavy (non-hydrogen) atoms. The summed E-state index contributed by atoms with van der Waals surface area (Å²) in [5, 5.41) is 3.13. The van der Waals surface area contributed by atoms with Crippen molar-refractivity contribution in [3.63, 3.8) is 0 Å². The van der Waals surface area contributed by atoms with E-state index < -0.39 is 0 Å². The summed E-state index contributed by atoms with van der Waals surface area (Å²) in [6, 6.07) is 16.5. The number of methoxy groups -OCH3 is 1. The second-order valence-corrected chi connectivity index (χ2v) is 7.48. The first-order valence-corrected chi connectivity index (χ1v) is 10.0. The molecule has 0 saturated carbocycles. The average Bonchev–Trinajstić information content (AvgIpc) is 2.73. The fourth-order valence-corrected chi connectivity index (χ4v) is 3.65. The number of piperazine rings is 1. The Balaban J connectivity index is 1.48. The van der Waals surface area contributed by atoms with E-state index in [1.54, 1.807) is 7.11 Å². The molecule has 1 heterocycles. The summed E-state index contributed by atoms with van der Waals surface area (Å²) in [4.78, 5) is 17.1. The maximum absolute atomic E-state index is 12.7. The predicted octanol–water partition coefficient (Wildman–Crippen LogP) is 3.63. The molecule has 3 rings (SSSR count). The van der Waals surface area contributed by atoms with Crippen molar-refractivity contribution in [2.75, 3.05) is 39.8 Å². The highest BCUT2D eigenvalue weighted by molar-refractivity contribution is 5.75. The van der Waals surface area contributed by atoms with Crippen LogP contribution in [0.25, 0.3) is 0 Å². The van der Waals surface area contributed by atoms with Crippen molar-refractivity contribution in [3.8, 4) is 5.75 Å². The molecule has 2 aromatic rings. The van der Waals surface area contributed by atoms with Crippen LogP contribution in [0.15, 0.2) is 48.5 Å². The molecule has 1 unspecified atom stereocenters. The van der Waals surface area contributed by atoms with E-state index in [2.05, 4.69) is 40.5 Å². The minimum atomic E-state index is -0.0986. The summed E-state index contributed by atoms with van der Waals surface area (Å²) in [5.41, 5.74) is 3.53. The van der Waals surface area contributed by atoms with Crippen molar-refractivity contribution in [2.24, 2.45) is 0 Å². The van der Waals surface area contributed by atoms with Gasteiger partial charge in [-0.1, -0.05) is 48.0 Å². The summed E-state index contributed by atoms with van der Waals surface area (Å²) < 4.78 is 5.45. The molecule has 0 aliphatic carbocycles. The van der Waals surface area contributed by atoms with E-state index in [-0.39, 0.29) is 12.1 Å². The van der Waals surface area contributed by atoms with Crippen LogP contribution in [-0.4, -0.2) is 55.7 Å². The molecule has 1 aliphatic heterocycles. The highest BCUT2D eigenvalue weighted by atomic mass is 16.5. The van der Waals surface area contributed by atoms with E-state index in [1.807, 2.05) is 36.9 Å². The standard InChI is InChI=1S/C23H31N3O2/c1-18-9-10-22(28-3)21(17-18)19(2)24-23(27)26-15-13-25(14-16-26)12-11-20-7-5-4-6-8-20/h4-10,17,19H,11-16H2,1-3H3,(H,24,27). The summed E-state index contributed by atoms with van der Waals surface area (Å²) >= 11 is 0. The molecule has 2 aromatic carbocycles. The molecule has 2 amide bonds. The molecule has 1 atom stereocenters. The van der Waals surface area contributed by atoms with Gasteiger partial charge in [-0.25, -0.2) is 4.79 Å². The number of carbonyl (C=O) groups excluding carboxylic acids is 1. The van der Waals surface area contributed by atoms with Gasteiger partial charge in [-0.05, 0) is 31.9 Å². The molecule has 1 aliphatic rings. The molecule has 5 nitrogen and oxygen atoms in total. The zero-order valence-electron chi connectivity index (χ0n) is 17.1. The summed E-state index contributed by atoms with van der Waals surface area (Å²) in [6.45, 7) is 8.45. The molecule has 0 radical (unpaired) electrons. The number of aryl methyl sites for hydroxylation is 1. The lowest BCUT2D eigenvalue weighted by molar-refractivity contribution is 0.138. The fourth-order valence-electron chi connectivity index (χ4n) is 3.65. The topological polar surface area (TPSA) is 44.8 Å². The first kappa shape index (κ1) is 20.2. The Morgan fingerprint density at radius 2 is 1.82 bits per heavy atom. The number of nitrogens with one attached hydrogen (secondary N) is 1. The largest absolute Gasteiger partial charge is 0.496 e. The van der Waals surface area contributed by atoms with Gasteiger partial charge in [0.25, 0.3) is 0 Å². The molecule has 5 heteroatoms. The predicted molar refractivity (Wildman–Crippen MR) is 113 cm³/mol. The lowest BCUT2D eigenvalue weighted by Crippen LogP contribution is -2.52. The second-order valence-electron chi connectivity index (χ2n) is 7.48. The molecular formula is C23H31N3O2. The van der Waals surface area contributed by atoms with Crippen molar-refractivity contribution in [1.82, 2.24) is 15.1 Å². The maximum Gasteiger partial charge on any atom is 0.317 e. The highest BCUT2D eigenvalue weighted by Gasteiger charge is 2.23. The quantitative estimate of drug-likeness (QED) is 0.831. The Morgan fingerprint density at radius 1 is 1.11 bits per heavy atom. The van der Waals surface area contributed by atoms with E-state index in [9.17, 15) is 4.79 Å². The van der Waals surface area contributed by atoms with Crippen LogP contribution in [-0.2, 0) is 6.42 Å². The molecule has 0 bridgehead atoms. The van der Waals surface area contributed by atoms with Gasteiger partial charge in [0.1, 0.15) is 5.75 Å². The van der Waals surface area contributed by atoms with Crippen LogP contribution in [0.2, 0.25) is 0 Å². The van der Waals surface area contributed by atoms with E-state index in [0.29, 0.717) is 0 Å². The van der Waals surface area contributed by atoms with E-state index >= 15 is 0 Å². The Kier molecular flexibility index (Phi) is 6.93. The molecule has 1 N–H and O–H groups in total. The summed E-state index contributed by atoms with van der Waals surface area (Å²) in [7, 11) is 1.66. The van der Waals surface area contributed by atoms with Crippen molar-refractivity contribution < 1.29 is 9.53 Å². The maximum atomic E-state index is 12.7. The number of benzene rings is 2. The smallest absolute Gasteiger partial charge is 0.317 e. The lowest BCUT2D eigenvalue weighted by Gasteiger charge is -2.35. The van der Waals surface area contributed by atoms with E-state index in [0.717, 1.165) is 56.0 Å². The lowest BCUT2D eigenvalue weighted by atomic mass is 10.0. The number of urea groups is 1. The Bertz CT molecular complexity index is 771. The fraction of sp³-hybridized carbons (Fsp3) is 0.435. The number of carbonyl (C=O) groups is 1. The van der Waals surface area contributed by atoms with E-state index in [4.69, 9.17) is 4.74 Å². The van der Waals surface area contributed by atoms with Gasteiger partial charge in [0.15, 0.2) is 0 Å². The number of rotatable bonds is 6. The van der Waals surface area contributed by atoms with Crippen LogP contribution in [0, 0.1) is 6.92 Å². The van der Waals surface area contributed by atoms with Crippen LogP contribution in [0.3, 0.4) is 0 Å². The van der Waals surface area contributed by atoms with Crippen LogP contribution in [0.1, 0.15) is 29.7 Å². The Morgan fingerprint density at radius 3 is 2.50 bits per heavy atom. The van der Waals surface area contributed by atoms with Crippen molar-refractivity contribution in [2.45, 2.75) is 26.3 Å². The van der Waals surface area contributed by atoms with Gasteiger partial charge < -0.3 is 15.0 Å². The zero-order chi connectivity index (χ0) is 19.9. The first-order valence-electron chi connectivity index (χ1n) is 10.0. The molecule has 0 aromatic heterocycles. The van der Waals surface area contributed by atoms with Crippen molar-refractivity contribution in [1.29, 1.82) is 0 Å². The van der Waals surface area contributed by atoms with E-state index in [1.165, 1.54) is 5.56 Å². The van der Waals surface area contributed by atoms with Gasteiger partial charge in [-0.3, -0.25) is 4.90 Å². The Labute approximate surface area is 168 Å². The summed E-state index contributed by atoms with van der Waals surface area (Å²) in [5.74, 6) is 0.809. The number of ether oxygens (including phenoxy) is 1. The average molecular weight is 382 g/mol. The van der Waals surface area contributed by atoms with Crippen LogP contribution >= 0.6 is 0 Å². The molecule has 1 saturated heterocycles. The van der Waals surface area contributed by atoms with Crippen LogP contribution in [0.5, 0.6) is 5.75 Å². The number of amides is 2. The van der Waals surface area contributed by atoms with Gasteiger partial charge >= 0.3 is 6.03 Å². The van der Waals surface area contributed by atoms with Crippen LogP contribution < -0.4 is 10.1 Å². The third kappa shape index (κ3) is 5.26.